The van der Waals surface area contributed by atoms with Gasteiger partial charge in [-0.05, 0) is 17.9 Å². The fourth-order valence-corrected chi connectivity index (χ4v) is 1.86. The van der Waals surface area contributed by atoms with Gasteiger partial charge in [-0.1, -0.05) is 38.1 Å². The third kappa shape index (κ3) is 1.68. The highest BCUT2D eigenvalue weighted by Crippen LogP contribution is 2.30. The van der Waals surface area contributed by atoms with Crippen LogP contribution < -0.4 is 0 Å². The highest BCUT2D eigenvalue weighted by molar-refractivity contribution is 5.30. The van der Waals surface area contributed by atoms with Crippen LogP contribution in [0.3, 0.4) is 0 Å². The van der Waals surface area contributed by atoms with E-state index in [4.69, 9.17) is 4.74 Å². The Balaban J connectivity index is 2.29. The van der Waals surface area contributed by atoms with Gasteiger partial charge in [-0.15, -0.1) is 0 Å². The largest absolute Gasteiger partial charge is 0.364 e. The maximum atomic E-state index is 9.76. The minimum absolute atomic E-state index is 0.139. The maximum absolute atomic E-state index is 9.76. The Hall–Kier alpha value is -0.860. The van der Waals surface area contributed by atoms with Gasteiger partial charge in [-0.3, -0.25) is 0 Å². The van der Waals surface area contributed by atoms with E-state index in [1.165, 1.54) is 5.56 Å². The Morgan fingerprint density at radius 3 is 2.79 bits per heavy atom. The molecule has 0 fully saturated rings. The zero-order valence-corrected chi connectivity index (χ0v) is 8.60. The topological polar surface area (TPSA) is 29.5 Å². The second-order valence-corrected chi connectivity index (χ2v) is 4.17. The van der Waals surface area contributed by atoms with Crippen LogP contribution >= 0.6 is 0 Å². The fraction of sp³-hybridized carbons (Fsp3) is 0.500. The molecule has 0 aliphatic carbocycles. The number of rotatable bonds is 1. The van der Waals surface area contributed by atoms with Crippen molar-refractivity contribution in [1.82, 2.24) is 0 Å². The second-order valence-electron chi connectivity index (χ2n) is 4.17. The quantitative estimate of drug-likeness (QED) is 0.739. The Labute approximate surface area is 84.5 Å². The van der Waals surface area contributed by atoms with Crippen LogP contribution in [-0.4, -0.2) is 11.2 Å². The second kappa shape index (κ2) is 3.71. The Kier molecular flexibility index (Phi) is 2.57. The van der Waals surface area contributed by atoms with Gasteiger partial charge in [0.05, 0.1) is 6.10 Å². The zero-order valence-electron chi connectivity index (χ0n) is 8.60. The van der Waals surface area contributed by atoms with Crippen molar-refractivity contribution >= 4 is 0 Å². The lowest BCUT2D eigenvalue weighted by molar-refractivity contribution is -0.160. The molecule has 1 aromatic carbocycles. The van der Waals surface area contributed by atoms with Gasteiger partial charge >= 0.3 is 0 Å². The predicted molar refractivity (Wildman–Crippen MR) is 54.8 cm³/mol. The number of hydrogen-bond acceptors (Lipinski definition) is 2. The molecule has 2 rings (SSSR count). The number of ether oxygens (including phenoxy) is 1. The van der Waals surface area contributed by atoms with Crippen molar-refractivity contribution in [1.29, 1.82) is 0 Å². The molecule has 1 N–H and O–H groups in total. The van der Waals surface area contributed by atoms with Crippen LogP contribution in [0.4, 0.5) is 0 Å². The monoisotopic (exact) mass is 192 g/mol. The first kappa shape index (κ1) is 9.69. The molecule has 14 heavy (non-hydrogen) atoms. The molecule has 0 saturated carbocycles. The lowest BCUT2D eigenvalue weighted by Gasteiger charge is -2.31. The van der Waals surface area contributed by atoms with Gasteiger partial charge in [0.25, 0.3) is 0 Å². The summed E-state index contributed by atoms with van der Waals surface area (Å²) < 4.78 is 5.53. The van der Waals surface area contributed by atoms with Crippen LogP contribution in [0.15, 0.2) is 24.3 Å². The molecular formula is C12H16O2. The third-order valence-corrected chi connectivity index (χ3v) is 2.79. The number of hydrogen-bond donors (Lipinski definition) is 1. The summed E-state index contributed by atoms with van der Waals surface area (Å²) in [4.78, 5) is 0. The van der Waals surface area contributed by atoms with Crippen LogP contribution in [-0.2, 0) is 11.2 Å². The first-order valence-corrected chi connectivity index (χ1v) is 5.10. The number of fused-ring (bicyclic) bond motifs is 1. The number of benzene rings is 1. The molecule has 0 aromatic heterocycles. The van der Waals surface area contributed by atoms with Crippen LogP contribution in [0, 0.1) is 5.92 Å². The average Bonchev–Trinajstić information content (AvgIpc) is 2.17. The van der Waals surface area contributed by atoms with Gasteiger partial charge in [0.2, 0.25) is 0 Å². The van der Waals surface area contributed by atoms with E-state index in [2.05, 4.69) is 19.9 Å². The molecule has 1 aliphatic rings. The summed E-state index contributed by atoms with van der Waals surface area (Å²) >= 11 is 0. The lowest BCUT2D eigenvalue weighted by Crippen LogP contribution is -2.30. The molecule has 0 saturated heterocycles. The summed E-state index contributed by atoms with van der Waals surface area (Å²) in [5.41, 5.74) is 2.13. The molecule has 0 spiro atoms. The normalized spacial score (nSPS) is 26.3. The van der Waals surface area contributed by atoms with Crippen molar-refractivity contribution in [2.24, 2.45) is 5.92 Å². The molecule has 1 aliphatic heterocycles. The molecule has 0 bridgehead atoms. The number of aliphatic hydroxyl groups is 1. The minimum atomic E-state index is -0.743. The molecule has 2 heteroatoms. The third-order valence-electron chi connectivity index (χ3n) is 2.79. The van der Waals surface area contributed by atoms with E-state index in [9.17, 15) is 5.11 Å². The van der Waals surface area contributed by atoms with Crippen LogP contribution in [0.25, 0.3) is 0 Å². The van der Waals surface area contributed by atoms with Crippen molar-refractivity contribution in [3.63, 3.8) is 0 Å². The first-order chi connectivity index (χ1) is 6.68. The van der Waals surface area contributed by atoms with Gasteiger partial charge < -0.3 is 9.84 Å². The van der Waals surface area contributed by atoms with E-state index in [0.717, 1.165) is 12.0 Å². The van der Waals surface area contributed by atoms with Gasteiger partial charge in [0.1, 0.15) is 0 Å². The van der Waals surface area contributed by atoms with E-state index in [1.807, 2.05) is 18.2 Å². The highest BCUT2D eigenvalue weighted by Gasteiger charge is 2.27. The summed E-state index contributed by atoms with van der Waals surface area (Å²) in [6.45, 7) is 4.23. The molecule has 1 heterocycles. The van der Waals surface area contributed by atoms with Crippen molar-refractivity contribution in [2.75, 3.05) is 0 Å². The minimum Gasteiger partial charge on any atom is -0.364 e. The lowest BCUT2D eigenvalue weighted by atomic mass is 9.93. The maximum Gasteiger partial charge on any atom is 0.181 e. The van der Waals surface area contributed by atoms with E-state index in [0.29, 0.717) is 5.92 Å². The Bertz CT molecular complexity index is 320. The fourth-order valence-electron chi connectivity index (χ4n) is 1.86. The summed E-state index contributed by atoms with van der Waals surface area (Å²) in [6.07, 6.45) is 0.303. The number of aliphatic hydroxyl groups excluding tert-OH is 1. The van der Waals surface area contributed by atoms with Gasteiger partial charge in [0, 0.05) is 5.56 Å². The van der Waals surface area contributed by atoms with Crippen molar-refractivity contribution in [2.45, 2.75) is 32.7 Å². The Morgan fingerprint density at radius 1 is 1.36 bits per heavy atom. The van der Waals surface area contributed by atoms with E-state index >= 15 is 0 Å². The Morgan fingerprint density at radius 2 is 2.07 bits per heavy atom. The molecular weight excluding hydrogens is 176 g/mol. The predicted octanol–water partition coefficient (Wildman–Crippen LogP) is 2.27. The SMILES string of the molecule is CC(C)C1Cc2ccccc2C(O)O1. The van der Waals surface area contributed by atoms with Gasteiger partial charge in [-0.25, -0.2) is 0 Å². The molecule has 2 nitrogen and oxygen atoms in total. The molecule has 2 unspecified atom stereocenters. The van der Waals surface area contributed by atoms with Crippen LogP contribution in [0.1, 0.15) is 31.3 Å². The smallest absolute Gasteiger partial charge is 0.181 e. The van der Waals surface area contributed by atoms with E-state index in [1.54, 1.807) is 0 Å². The standard InChI is InChI=1S/C12H16O2/c1-8(2)11-7-9-5-3-4-6-10(9)12(13)14-11/h3-6,8,11-13H,7H2,1-2H3. The summed E-state index contributed by atoms with van der Waals surface area (Å²) in [7, 11) is 0. The highest BCUT2D eigenvalue weighted by atomic mass is 16.6. The molecule has 1 aromatic rings. The zero-order chi connectivity index (χ0) is 10.1. The van der Waals surface area contributed by atoms with Crippen molar-refractivity contribution < 1.29 is 9.84 Å². The van der Waals surface area contributed by atoms with Crippen molar-refractivity contribution in [3.8, 4) is 0 Å². The van der Waals surface area contributed by atoms with Crippen molar-refractivity contribution in [3.05, 3.63) is 35.4 Å². The molecule has 0 amide bonds. The molecule has 2 atom stereocenters. The molecule has 0 radical (unpaired) electrons. The summed E-state index contributed by atoms with van der Waals surface area (Å²) in [6, 6.07) is 7.93. The molecule has 76 valence electrons. The first-order valence-electron chi connectivity index (χ1n) is 5.10. The average molecular weight is 192 g/mol. The van der Waals surface area contributed by atoms with E-state index in [-0.39, 0.29) is 6.10 Å². The summed E-state index contributed by atoms with van der Waals surface area (Å²) in [5, 5.41) is 9.76. The van der Waals surface area contributed by atoms with Crippen LogP contribution in [0.5, 0.6) is 0 Å². The summed E-state index contributed by atoms with van der Waals surface area (Å²) in [5.74, 6) is 0.443. The van der Waals surface area contributed by atoms with E-state index < -0.39 is 6.29 Å². The van der Waals surface area contributed by atoms with Crippen LogP contribution in [0.2, 0.25) is 0 Å². The van der Waals surface area contributed by atoms with Gasteiger partial charge in [-0.2, -0.15) is 0 Å². The van der Waals surface area contributed by atoms with Gasteiger partial charge in [0.15, 0.2) is 6.29 Å².